The van der Waals surface area contributed by atoms with Crippen LogP contribution in [0.4, 0.5) is 5.95 Å². The Balaban J connectivity index is 2.02. The van der Waals surface area contributed by atoms with E-state index in [-0.39, 0.29) is 6.04 Å². The molecule has 18 heavy (non-hydrogen) atoms. The number of furan rings is 1. The number of hydrogen-bond acceptors (Lipinski definition) is 5. The largest absolute Gasteiger partial charge is 0.481 e. The van der Waals surface area contributed by atoms with Gasteiger partial charge in [-0.3, -0.25) is 0 Å². The molecule has 0 saturated heterocycles. The Morgan fingerprint density at radius 3 is 2.94 bits per heavy atom. The summed E-state index contributed by atoms with van der Waals surface area (Å²) in [6.45, 7) is 3.97. The van der Waals surface area contributed by atoms with Crippen molar-refractivity contribution in [1.82, 2.24) is 9.97 Å². The standard InChI is InChI=1S/C13H17N3O2/c1-9(7-11-5-4-6-18-11)14-13-15-10(2)8-12(16-13)17-3/h4-6,8-9H,7H2,1-3H3,(H,14,15,16). The lowest BCUT2D eigenvalue weighted by Crippen LogP contribution is -2.19. The van der Waals surface area contributed by atoms with Gasteiger partial charge in [0.2, 0.25) is 11.8 Å². The zero-order chi connectivity index (χ0) is 13.0. The number of rotatable bonds is 5. The van der Waals surface area contributed by atoms with Gasteiger partial charge in [-0.1, -0.05) is 0 Å². The molecule has 0 spiro atoms. The molecule has 0 amide bonds. The van der Waals surface area contributed by atoms with E-state index < -0.39 is 0 Å². The van der Waals surface area contributed by atoms with Crippen LogP contribution in [0, 0.1) is 6.92 Å². The third kappa shape index (κ3) is 3.23. The summed E-state index contributed by atoms with van der Waals surface area (Å²) in [5, 5.41) is 3.23. The maximum absolute atomic E-state index is 5.30. The second-order valence-electron chi connectivity index (χ2n) is 4.20. The third-order valence-corrected chi connectivity index (χ3v) is 2.50. The van der Waals surface area contributed by atoms with Crippen LogP contribution < -0.4 is 10.1 Å². The first kappa shape index (κ1) is 12.4. The van der Waals surface area contributed by atoms with E-state index >= 15 is 0 Å². The molecule has 5 nitrogen and oxygen atoms in total. The Morgan fingerprint density at radius 1 is 1.44 bits per heavy atom. The number of aryl methyl sites for hydroxylation is 1. The molecular weight excluding hydrogens is 230 g/mol. The van der Waals surface area contributed by atoms with Gasteiger partial charge in [0.25, 0.3) is 0 Å². The van der Waals surface area contributed by atoms with Gasteiger partial charge in [0.1, 0.15) is 5.76 Å². The van der Waals surface area contributed by atoms with E-state index in [2.05, 4.69) is 22.2 Å². The molecule has 2 rings (SSSR count). The molecule has 0 fully saturated rings. The average Bonchev–Trinajstić information content (AvgIpc) is 2.80. The van der Waals surface area contributed by atoms with Gasteiger partial charge in [-0.15, -0.1) is 0 Å². The third-order valence-electron chi connectivity index (χ3n) is 2.50. The SMILES string of the molecule is COc1cc(C)nc(NC(C)Cc2ccco2)n1. The van der Waals surface area contributed by atoms with E-state index in [1.165, 1.54) is 0 Å². The van der Waals surface area contributed by atoms with Crippen molar-refractivity contribution in [3.8, 4) is 5.88 Å². The van der Waals surface area contributed by atoms with Crippen LogP contribution in [-0.2, 0) is 6.42 Å². The second-order valence-corrected chi connectivity index (χ2v) is 4.20. The van der Waals surface area contributed by atoms with Gasteiger partial charge < -0.3 is 14.5 Å². The fraction of sp³-hybridized carbons (Fsp3) is 0.385. The molecule has 0 aliphatic heterocycles. The van der Waals surface area contributed by atoms with Crippen molar-refractivity contribution >= 4 is 5.95 Å². The Hall–Kier alpha value is -2.04. The molecule has 5 heteroatoms. The van der Waals surface area contributed by atoms with Gasteiger partial charge >= 0.3 is 0 Å². The summed E-state index contributed by atoms with van der Waals surface area (Å²) >= 11 is 0. The topological polar surface area (TPSA) is 60.2 Å². The molecule has 96 valence electrons. The smallest absolute Gasteiger partial charge is 0.226 e. The molecule has 1 N–H and O–H groups in total. The van der Waals surface area contributed by atoms with Crippen LogP contribution in [0.3, 0.4) is 0 Å². The molecule has 0 saturated carbocycles. The summed E-state index contributed by atoms with van der Waals surface area (Å²) in [4.78, 5) is 8.56. The van der Waals surface area contributed by atoms with Crippen LogP contribution >= 0.6 is 0 Å². The normalized spacial score (nSPS) is 12.2. The highest BCUT2D eigenvalue weighted by Gasteiger charge is 2.08. The second kappa shape index (κ2) is 5.53. The van der Waals surface area contributed by atoms with Gasteiger partial charge in [0, 0.05) is 24.2 Å². The lowest BCUT2D eigenvalue weighted by atomic mass is 10.2. The van der Waals surface area contributed by atoms with Crippen LogP contribution in [0.25, 0.3) is 0 Å². The summed E-state index contributed by atoms with van der Waals surface area (Å²) in [6, 6.07) is 5.81. The zero-order valence-corrected chi connectivity index (χ0v) is 10.8. The number of ether oxygens (including phenoxy) is 1. The monoisotopic (exact) mass is 247 g/mol. The minimum Gasteiger partial charge on any atom is -0.481 e. The first-order valence-electron chi connectivity index (χ1n) is 5.86. The lowest BCUT2D eigenvalue weighted by molar-refractivity contribution is 0.396. The summed E-state index contributed by atoms with van der Waals surface area (Å²) in [7, 11) is 1.60. The van der Waals surface area contributed by atoms with E-state index in [1.807, 2.05) is 19.1 Å². The number of methoxy groups -OCH3 is 1. The minimum atomic E-state index is 0.183. The number of nitrogens with zero attached hydrogens (tertiary/aromatic N) is 2. The fourth-order valence-electron chi connectivity index (χ4n) is 1.71. The molecule has 0 aliphatic carbocycles. The highest BCUT2D eigenvalue weighted by Crippen LogP contribution is 2.13. The lowest BCUT2D eigenvalue weighted by Gasteiger charge is -2.13. The molecule has 0 aliphatic rings. The van der Waals surface area contributed by atoms with Crippen LogP contribution in [0.2, 0.25) is 0 Å². The van der Waals surface area contributed by atoms with Crippen molar-refractivity contribution in [2.24, 2.45) is 0 Å². The van der Waals surface area contributed by atoms with Crippen molar-refractivity contribution in [3.63, 3.8) is 0 Å². The van der Waals surface area contributed by atoms with E-state index in [9.17, 15) is 0 Å². The maximum atomic E-state index is 5.30. The van der Waals surface area contributed by atoms with Crippen LogP contribution in [0.15, 0.2) is 28.9 Å². The van der Waals surface area contributed by atoms with Crippen molar-refractivity contribution in [1.29, 1.82) is 0 Å². The fourth-order valence-corrected chi connectivity index (χ4v) is 1.71. The van der Waals surface area contributed by atoms with E-state index in [0.717, 1.165) is 17.9 Å². The van der Waals surface area contributed by atoms with Gasteiger partial charge in [0.15, 0.2) is 0 Å². The summed E-state index contributed by atoms with van der Waals surface area (Å²) in [6.07, 6.45) is 2.46. The number of aromatic nitrogens is 2. The van der Waals surface area contributed by atoms with Gasteiger partial charge in [-0.2, -0.15) is 4.98 Å². The zero-order valence-electron chi connectivity index (χ0n) is 10.8. The van der Waals surface area contributed by atoms with Crippen LogP contribution in [0.1, 0.15) is 18.4 Å². The first-order valence-corrected chi connectivity index (χ1v) is 5.86. The predicted octanol–water partition coefficient (Wildman–Crippen LogP) is 2.43. The number of anilines is 1. The van der Waals surface area contributed by atoms with Crippen molar-refractivity contribution in [2.75, 3.05) is 12.4 Å². The Kier molecular flexibility index (Phi) is 3.82. The molecular formula is C13H17N3O2. The quantitative estimate of drug-likeness (QED) is 0.879. The number of hydrogen-bond donors (Lipinski definition) is 1. The van der Waals surface area contributed by atoms with Gasteiger partial charge in [-0.25, -0.2) is 4.98 Å². The molecule has 0 radical (unpaired) electrons. The Bertz CT molecular complexity index is 497. The first-order chi connectivity index (χ1) is 8.67. The Morgan fingerprint density at radius 2 is 2.28 bits per heavy atom. The molecule has 2 aromatic rings. The molecule has 0 aromatic carbocycles. The summed E-state index contributed by atoms with van der Waals surface area (Å²) < 4.78 is 10.4. The molecule has 0 bridgehead atoms. The molecule has 2 aromatic heterocycles. The highest BCUT2D eigenvalue weighted by molar-refractivity contribution is 5.31. The minimum absolute atomic E-state index is 0.183. The van der Waals surface area contributed by atoms with E-state index in [1.54, 1.807) is 19.4 Å². The van der Waals surface area contributed by atoms with Gasteiger partial charge in [-0.05, 0) is 26.0 Å². The average molecular weight is 247 g/mol. The van der Waals surface area contributed by atoms with Crippen LogP contribution in [-0.4, -0.2) is 23.1 Å². The van der Waals surface area contributed by atoms with Gasteiger partial charge in [0.05, 0.1) is 13.4 Å². The summed E-state index contributed by atoms with van der Waals surface area (Å²) in [5.74, 6) is 2.08. The highest BCUT2D eigenvalue weighted by atomic mass is 16.5. The molecule has 2 heterocycles. The molecule has 1 atom stereocenters. The van der Waals surface area contributed by atoms with Crippen molar-refractivity contribution in [2.45, 2.75) is 26.3 Å². The predicted molar refractivity (Wildman–Crippen MR) is 68.8 cm³/mol. The van der Waals surface area contributed by atoms with Crippen molar-refractivity contribution < 1.29 is 9.15 Å². The maximum Gasteiger partial charge on any atom is 0.226 e. The van der Waals surface area contributed by atoms with Crippen molar-refractivity contribution in [3.05, 3.63) is 35.9 Å². The van der Waals surface area contributed by atoms with E-state index in [0.29, 0.717) is 11.8 Å². The number of nitrogens with one attached hydrogen (secondary N) is 1. The molecule has 1 unspecified atom stereocenters. The summed E-state index contributed by atoms with van der Waals surface area (Å²) in [5.41, 5.74) is 0.870. The van der Waals surface area contributed by atoms with E-state index in [4.69, 9.17) is 9.15 Å². The Labute approximate surface area is 106 Å². The van der Waals surface area contributed by atoms with Crippen LogP contribution in [0.5, 0.6) is 5.88 Å².